The van der Waals surface area contributed by atoms with Crippen molar-refractivity contribution in [2.24, 2.45) is 0 Å². The average molecular weight is 704 g/mol. The van der Waals surface area contributed by atoms with E-state index >= 15 is 0 Å². The van der Waals surface area contributed by atoms with Gasteiger partial charge in [0.2, 0.25) is 0 Å². The van der Waals surface area contributed by atoms with E-state index in [1.165, 1.54) is 66.1 Å². The Labute approximate surface area is 320 Å². The van der Waals surface area contributed by atoms with E-state index in [4.69, 9.17) is 4.42 Å². The van der Waals surface area contributed by atoms with Crippen LogP contribution < -0.4 is 4.90 Å². The summed E-state index contributed by atoms with van der Waals surface area (Å²) in [5, 5.41) is 7.17. The van der Waals surface area contributed by atoms with Crippen molar-refractivity contribution in [1.82, 2.24) is 0 Å². The molecule has 9 aromatic carbocycles. The van der Waals surface area contributed by atoms with E-state index in [0.29, 0.717) is 0 Å². The minimum atomic E-state index is -0.0575. The molecule has 55 heavy (non-hydrogen) atoms. The first kappa shape index (κ1) is 31.6. The van der Waals surface area contributed by atoms with Crippen LogP contribution in [0, 0.1) is 0 Å². The summed E-state index contributed by atoms with van der Waals surface area (Å²) in [5.74, 6) is 0. The van der Waals surface area contributed by atoms with Gasteiger partial charge in [-0.3, -0.25) is 0 Å². The van der Waals surface area contributed by atoms with E-state index in [-0.39, 0.29) is 5.41 Å². The number of benzene rings is 9. The van der Waals surface area contributed by atoms with E-state index in [9.17, 15) is 0 Å². The second-order valence-electron chi connectivity index (χ2n) is 15.3. The summed E-state index contributed by atoms with van der Waals surface area (Å²) in [5.41, 5.74) is 15.3. The molecule has 1 aromatic heterocycles. The molecular weight excluding hydrogens is 667 g/mol. The van der Waals surface area contributed by atoms with Crippen LogP contribution in [0.1, 0.15) is 25.0 Å². The van der Waals surface area contributed by atoms with Gasteiger partial charge in [-0.25, -0.2) is 0 Å². The quantitative estimate of drug-likeness (QED) is 0.177. The summed E-state index contributed by atoms with van der Waals surface area (Å²) in [4.78, 5) is 2.41. The predicted octanol–water partition coefficient (Wildman–Crippen LogP) is 15.0. The van der Waals surface area contributed by atoms with Gasteiger partial charge in [-0.1, -0.05) is 147 Å². The molecule has 1 heterocycles. The first-order chi connectivity index (χ1) is 27.0. The van der Waals surface area contributed by atoms with Gasteiger partial charge in [0.15, 0.2) is 0 Å². The highest BCUT2D eigenvalue weighted by atomic mass is 16.3. The number of nitrogens with zero attached hydrogens (tertiary/aromatic N) is 1. The minimum Gasteiger partial charge on any atom is -0.456 e. The molecule has 0 saturated heterocycles. The number of para-hydroxylation sites is 1. The molecule has 0 unspecified atom stereocenters. The smallest absolute Gasteiger partial charge is 0.136 e. The molecule has 0 radical (unpaired) electrons. The minimum absolute atomic E-state index is 0.0575. The van der Waals surface area contributed by atoms with Gasteiger partial charge in [-0.15, -0.1) is 0 Å². The Balaban J connectivity index is 1.07. The zero-order valence-corrected chi connectivity index (χ0v) is 30.8. The van der Waals surface area contributed by atoms with E-state index in [1.807, 2.05) is 12.1 Å². The van der Waals surface area contributed by atoms with Gasteiger partial charge in [-0.2, -0.15) is 0 Å². The first-order valence-corrected chi connectivity index (χ1v) is 19.1. The number of hydrogen-bond acceptors (Lipinski definition) is 2. The van der Waals surface area contributed by atoms with Gasteiger partial charge >= 0.3 is 0 Å². The molecule has 260 valence electrons. The van der Waals surface area contributed by atoms with Gasteiger partial charge < -0.3 is 9.32 Å². The van der Waals surface area contributed by atoms with Crippen LogP contribution in [0.15, 0.2) is 192 Å². The Morgan fingerprint density at radius 1 is 0.364 bits per heavy atom. The fraction of sp³-hybridized carbons (Fsp3) is 0.0566. The summed E-state index contributed by atoms with van der Waals surface area (Å²) in [6, 6.07) is 68.6. The van der Waals surface area contributed by atoms with Crippen LogP contribution in [0.25, 0.3) is 76.9 Å². The standard InChI is InChI=1S/C53H37NO/c1-53(2)49-22-7-5-18-44(49)47-32-40(28-29-50(47)53)54(39-16-9-14-36(30-39)43-21-10-13-34-12-3-4-17-41(34)43)38-26-24-35(25-27-38)42-20-11-15-37-31-52-48(33-46(37)42)45-19-6-8-23-51(45)55-52/h3-33H,1-2H3. The maximum atomic E-state index is 6.24. The molecule has 0 spiro atoms. The highest BCUT2D eigenvalue weighted by molar-refractivity contribution is 6.12. The number of hydrogen-bond donors (Lipinski definition) is 0. The van der Waals surface area contributed by atoms with Gasteiger partial charge in [-0.05, 0) is 121 Å². The highest BCUT2D eigenvalue weighted by Gasteiger charge is 2.35. The van der Waals surface area contributed by atoms with Gasteiger partial charge in [0, 0.05) is 33.2 Å². The van der Waals surface area contributed by atoms with Crippen molar-refractivity contribution in [2.75, 3.05) is 4.90 Å². The third-order valence-electron chi connectivity index (χ3n) is 11.8. The number of rotatable bonds is 5. The molecule has 0 amide bonds. The van der Waals surface area contributed by atoms with Crippen LogP contribution in [0.3, 0.4) is 0 Å². The Bertz CT molecular complexity index is 3120. The molecule has 11 rings (SSSR count). The van der Waals surface area contributed by atoms with E-state index in [1.54, 1.807) is 0 Å². The number of furan rings is 1. The molecule has 0 saturated carbocycles. The van der Waals surface area contributed by atoms with Crippen molar-refractivity contribution in [2.45, 2.75) is 19.3 Å². The molecule has 10 aromatic rings. The average Bonchev–Trinajstić information content (AvgIpc) is 3.71. The van der Waals surface area contributed by atoms with Crippen LogP contribution >= 0.6 is 0 Å². The normalized spacial score (nSPS) is 13.1. The third kappa shape index (κ3) is 4.95. The summed E-state index contributed by atoms with van der Waals surface area (Å²) in [7, 11) is 0. The Kier molecular flexibility index (Phi) is 6.93. The van der Waals surface area contributed by atoms with Crippen molar-refractivity contribution in [3.8, 4) is 33.4 Å². The molecule has 0 bridgehead atoms. The maximum absolute atomic E-state index is 6.24. The number of anilines is 3. The lowest BCUT2D eigenvalue weighted by atomic mass is 9.82. The Morgan fingerprint density at radius 3 is 1.87 bits per heavy atom. The van der Waals surface area contributed by atoms with Crippen molar-refractivity contribution < 1.29 is 4.42 Å². The van der Waals surface area contributed by atoms with Crippen LogP contribution in [0.2, 0.25) is 0 Å². The molecule has 0 N–H and O–H groups in total. The third-order valence-corrected chi connectivity index (χ3v) is 11.8. The highest BCUT2D eigenvalue weighted by Crippen LogP contribution is 2.51. The van der Waals surface area contributed by atoms with Crippen LogP contribution in [0.5, 0.6) is 0 Å². The van der Waals surface area contributed by atoms with Crippen molar-refractivity contribution >= 4 is 60.5 Å². The summed E-state index contributed by atoms with van der Waals surface area (Å²) >= 11 is 0. The zero-order valence-electron chi connectivity index (χ0n) is 30.8. The molecular formula is C53H37NO. The topological polar surface area (TPSA) is 16.4 Å². The Morgan fingerprint density at radius 2 is 1.00 bits per heavy atom. The lowest BCUT2D eigenvalue weighted by Crippen LogP contribution is -2.15. The molecule has 0 fully saturated rings. The van der Waals surface area contributed by atoms with Gasteiger partial charge in [0.1, 0.15) is 11.2 Å². The van der Waals surface area contributed by atoms with Crippen molar-refractivity contribution in [1.29, 1.82) is 0 Å². The molecule has 0 aliphatic heterocycles. The van der Waals surface area contributed by atoms with Crippen LogP contribution in [0.4, 0.5) is 17.1 Å². The zero-order chi connectivity index (χ0) is 36.7. The van der Waals surface area contributed by atoms with Crippen molar-refractivity contribution in [3.63, 3.8) is 0 Å². The SMILES string of the molecule is CC1(C)c2ccccc2-c2cc(N(c3ccc(-c4cccc5cc6oc7ccccc7c6cc45)cc3)c3cccc(-c4cccc5ccccc45)c3)ccc21. The maximum Gasteiger partial charge on any atom is 0.136 e. The summed E-state index contributed by atoms with van der Waals surface area (Å²) < 4.78 is 6.24. The monoisotopic (exact) mass is 703 g/mol. The largest absolute Gasteiger partial charge is 0.456 e. The lowest BCUT2D eigenvalue weighted by molar-refractivity contribution is 0.660. The second kappa shape index (κ2) is 12.1. The van der Waals surface area contributed by atoms with Crippen LogP contribution in [-0.4, -0.2) is 0 Å². The molecule has 0 atom stereocenters. The molecule has 1 aliphatic carbocycles. The van der Waals surface area contributed by atoms with E-state index in [2.05, 4.69) is 195 Å². The second-order valence-corrected chi connectivity index (χ2v) is 15.3. The number of fused-ring (bicyclic) bond motifs is 8. The Hall–Kier alpha value is -6.90. The van der Waals surface area contributed by atoms with Crippen molar-refractivity contribution in [3.05, 3.63) is 199 Å². The van der Waals surface area contributed by atoms with Gasteiger partial charge in [0.05, 0.1) is 0 Å². The van der Waals surface area contributed by atoms with Crippen LogP contribution in [-0.2, 0) is 5.41 Å². The van der Waals surface area contributed by atoms with E-state index < -0.39 is 0 Å². The fourth-order valence-electron chi connectivity index (χ4n) is 9.12. The van der Waals surface area contributed by atoms with Gasteiger partial charge in [0.25, 0.3) is 0 Å². The molecule has 1 aliphatic rings. The molecule has 2 heteroatoms. The predicted molar refractivity (Wildman–Crippen MR) is 232 cm³/mol. The summed E-state index contributed by atoms with van der Waals surface area (Å²) in [6.45, 7) is 4.68. The lowest BCUT2D eigenvalue weighted by Gasteiger charge is -2.28. The fourth-order valence-corrected chi connectivity index (χ4v) is 9.12. The first-order valence-electron chi connectivity index (χ1n) is 19.1. The van der Waals surface area contributed by atoms with E-state index in [0.717, 1.165) is 39.0 Å². The molecule has 2 nitrogen and oxygen atoms in total. The summed E-state index contributed by atoms with van der Waals surface area (Å²) in [6.07, 6.45) is 0.